The monoisotopic (exact) mass is 394 g/mol. The third kappa shape index (κ3) is 4.14. The van der Waals surface area contributed by atoms with Crippen molar-refractivity contribution in [3.8, 4) is 5.75 Å². The normalized spacial score (nSPS) is 16.8. The van der Waals surface area contributed by atoms with Crippen LogP contribution in [0, 0.1) is 5.92 Å². The molecule has 1 fully saturated rings. The number of hydrogen-bond acceptors (Lipinski definition) is 8. The van der Waals surface area contributed by atoms with E-state index in [0.29, 0.717) is 26.7 Å². The Morgan fingerprint density at radius 3 is 3.04 bits per heavy atom. The molecule has 1 atom stereocenters. The van der Waals surface area contributed by atoms with Gasteiger partial charge in [0, 0.05) is 18.7 Å². The molecule has 1 aliphatic rings. The minimum atomic E-state index is -0.468. The number of ether oxygens (including phenoxy) is 1. The van der Waals surface area contributed by atoms with Crippen LogP contribution in [0.15, 0.2) is 28.6 Å². The number of aromatic nitrogens is 2. The Balaban J connectivity index is 1.64. The minimum absolute atomic E-state index is 0.0505. The summed E-state index contributed by atoms with van der Waals surface area (Å²) in [4.78, 5) is 26.4. The van der Waals surface area contributed by atoms with Gasteiger partial charge in [-0.25, -0.2) is 0 Å². The molecular weight excluding hydrogens is 376 g/mol. The van der Waals surface area contributed by atoms with Crippen molar-refractivity contribution in [2.24, 2.45) is 5.92 Å². The zero-order valence-electron chi connectivity index (χ0n) is 14.0. The number of carbonyl (C=O) groups excluding carboxylic acids is 2. The highest BCUT2D eigenvalue weighted by molar-refractivity contribution is 8.01. The fourth-order valence-electron chi connectivity index (χ4n) is 2.63. The van der Waals surface area contributed by atoms with E-state index in [-0.39, 0.29) is 31.4 Å². The van der Waals surface area contributed by atoms with E-state index < -0.39 is 5.92 Å². The highest BCUT2D eigenvalue weighted by atomic mass is 32.2. The van der Waals surface area contributed by atoms with E-state index in [1.165, 1.54) is 23.1 Å². The summed E-state index contributed by atoms with van der Waals surface area (Å²) in [6.45, 7) is 0.338. The average molecular weight is 394 g/mol. The topological polar surface area (TPSA) is 105 Å². The highest BCUT2D eigenvalue weighted by Gasteiger charge is 2.36. The predicted molar refractivity (Wildman–Crippen MR) is 99.8 cm³/mol. The number of benzene rings is 1. The number of nitrogens with zero attached hydrogens (tertiary/aromatic N) is 3. The smallest absolute Gasteiger partial charge is 0.231 e. The number of carbonyl (C=O) groups is 2. The molecule has 0 saturated carbocycles. The van der Waals surface area contributed by atoms with Crippen LogP contribution in [0.25, 0.3) is 0 Å². The highest BCUT2D eigenvalue weighted by Crippen LogP contribution is 2.33. The van der Waals surface area contributed by atoms with Crippen LogP contribution in [0.4, 0.5) is 10.8 Å². The lowest BCUT2D eigenvalue weighted by molar-refractivity contribution is -0.122. The van der Waals surface area contributed by atoms with E-state index in [0.717, 1.165) is 0 Å². The summed E-state index contributed by atoms with van der Waals surface area (Å²) < 4.78 is 5.97. The molecule has 1 aliphatic heterocycles. The number of thioether (sulfide) groups is 1. The van der Waals surface area contributed by atoms with Gasteiger partial charge in [-0.2, -0.15) is 0 Å². The number of hydrogen-bond donors (Lipinski definition) is 2. The lowest BCUT2D eigenvalue weighted by Gasteiger charge is -2.19. The predicted octanol–water partition coefficient (Wildman–Crippen LogP) is 1.62. The third-order valence-corrected chi connectivity index (χ3v) is 5.78. The van der Waals surface area contributed by atoms with Crippen LogP contribution >= 0.6 is 23.1 Å². The Labute approximate surface area is 158 Å². The van der Waals surface area contributed by atoms with Crippen molar-refractivity contribution < 1.29 is 19.4 Å². The minimum Gasteiger partial charge on any atom is -0.495 e. The van der Waals surface area contributed by atoms with Crippen molar-refractivity contribution in [2.75, 3.05) is 36.2 Å². The summed E-state index contributed by atoms with van der Waals surface area (Å²) in [5.41, 5.74) is 0.661. The van der Waals surface area contributed by atoms with E-state index in [2.05, 4.69) is 15.5 Å². The largest absolute Gasteiger partial charge is 0.495 e. The molecule has 26 heavy (non-hydrogen) atoms. The molecule has 2 heterocycles. The molecule has 0 spiro atoms. The maximum absolute atomic E-state index is 12.5. The first kappa shape index (κ1) is 18.6. The molecule has 0 bridgehead atoms. The summed E-state index contributed by atoms with van der Waals surface area (Å²) in [6.07, 6.45) is 0.134. The van der Waals surface area contributed by atoms with E-state index in [9.17, 15) is 9.59 Å². The van der Waals surface area contributed by atoms with Gasteiger partial charge in [-0.1, -0.05) is 35.2 Å². The van der Waals surface area contributed by atoms with E-state index in [1.54, 1.807) is 24.1 Å². The maximum atomic E-state index is 12.5. The molecule has 2 N–H and O–H groups in total. The van der Waals surface area contributed by atoms with Crippen LogP contribution < -0.4 is 15.0 Å². The molecule has 2 aromatic rings. The molecule has 1 aromatic heterocycles. The van der Waals surface area contributed by atoms with Crippen LogP contribution in [0.5, 0.6) is 5.75 Å². The number of nitrogens with one attached hydrogen (secondary N) is 1. The number of aliphatic hydroxyl groups is 1. The van der Waals surface area contributed by atoms with Crippen molar-refractivity contribution in [1.82, 2.24) is 10.2 Å². The first-order valence-corrected chi connectivity index (χ1v) is 9.74. The van der Waals surface area contributed by atoms with Gasteiger partial charge in [0.1, 0.15) is 5.75 Å². The lowest BCUT2D eigenvalue weighted by atomic mass is 10.1. The Morgan fingerprint density at radius 1 is 1.46 bits per heavy atom. The standard InChI is InChI=1S/C16H18N4O4S2/c1-24-12-5-3-2-4-11(12)20-9-10(8-13(20)22)14(23)17-15-18-19-16(26-15)25-7-6-21/h2-5,10,21H,6-9H2,1H3,(H,17,18,23)/t10-/m1/s1. The Kier molecular flexibility index (Phi) is 6.07. The molecule has 0 aliphatic carbocycles. The maximum Gasteiger partial charge on any atom is 0.231 e. The number of aliphatic hydroxyl groups excluding tert-OH is 1. The van der Waals surface area contributed by atoms with Crippen molar-refractivity contribution in [2.45, 2.75) is 10.8 Å². The molecule has 0 unspecified atom stereocenters. The fourth-order valence-corrected chi connectivity index (χ4v) is 4.20. The van der Waals surface area contributed by atoms with E-state index in [1.807, 2.05) is 12.1 Å². The van der Waals surface area contributed by atoms with Gasteiger partial charge in [-0.05, 0) is 12.1 Å². The summed E-state index contributed by atoms with van der Waals surface area (Å²) in [7, 11) is 1.55. The van der Waals surface area contributed by atoms with Crippen LogP contribution in [0.2, 0.25) is 0 Å². The first-order chi connectivity index (χ1) is 12.6. The summed E-state index contributed by atoms with van der Waals surface area (Å²) >= 11 is 2.61. The van der Waals surface area contributed by atoms with Gasteiger partial charge < -0.3 is 20.1 Å². The van der Waals surface area contributed by atoms with Crippen molar-refractivity contribution >= 4 is 45.7 Å². The van der Waals surface area contributed by atoms with Gasteiger partial charge in [0.05, 0.1) is 25.3 Å². The number of anilines is 2. The molecule has 3 rings (SSSR count). The first-order valence-electron chi connectivity index (χ1n) is 7.93. The van der Waals surface area contributed by atoms with Crippen LogP contribution in [0.3, 0.4) is 0 Å². The molecule has 8 nitrogen and oxygen atoms in total. The number of amides is 2. The average Bonchev–Trinajstić information content (AvgIpc) is 3.26. The van der Waals surface area contributed by atoms with Gasteiger partial charge in [-0.3, -0.25) is 9.59 Å². The molecule has 138 valence electrons. The number of rotatable bonds is 7. The second-order valence-corrected chi connectivity index (χ2v) is 7.83. The zero-order valence-corrected chi connectivity index (χ0v) is 15.7. The molecular formula is C16H18N4O4S2. The second-order valence-electron chi connectivity index (χ2n) is 5.51. The van der Waals surface area contributed by atoms with E-state index in [4.69, 9.17) is 9.84 Å². The van der Waals surface area contributed by atoms with Gasteiger partial charge in [0.15, 0.2) is 4.34 Å². The van der Waals surface area contributed by atoms with Crippen molar-refractivity contribution in [3.63, 3.8) is 0 Å². The van der Waals surface area contributed by atoms with Crippen LogP contribution in [-0.2, 0) is 9.59 Å². The summed E-state index contributed by atoms with van der Waals surface area (Å²) in [6, 6.07) is 7.23. The number of para-hydroxylation sites is 2. The quantitative estimate of drug-likeness (QED) is 0.543. The zero-order chi connectivity index (χ0) is 18.5. The van der Waals surface area contributed by atoms with Crippen molar-refractivity contribution in [3.05, 3.63) is 24.3 Å². The second kappa shape index (κ2) is 8.47. The SMILES string of the molecule is COc1ccccc1N1C[C@H](C(=O)Nc2nnc(SCCO)s2)CC1=O. The molecule has 10 heteroatoms. The van der Waals surface area contributed by atoms with Gasteiger partial charge in [0.25, 0.3) is 0 Å². The third-order valence-electron chi connectivity index (χ3n) is 3.83. The number of methoxy groups -OCH3 is 1. The van der Waals surface area contributed by atoms with E-state index >= 15 is 0 Å². The Hall–Kier alpha value is -2.17. The molecule has 0 radical (unpaired) electrons. The Bertz CT molecular complexity index is 798. The van der Waals surface area contributed by atoms with Crippen LogP contribution in [0.1, 0.15) is 6.42 Å². The molecule has 2 amide bonds. The van der Waals surface area contributed by atoms with Gasteiger partial charge >= 0.3 is 0 Å². The fraction of sp³-hybridized carbons (Fsp3) is 0.375. The molecule has 1 aromatic carbocycles. The molecule has 1 saturated heterocycles. The van der Waals surface area contributed by atoms with Gasteiger partial charge in [0.2, 0.25) is 16.9 Å². The summed E-state index contributed by atoms with van der Waals surface area (Å²) in [5.74, 6) is 0.270. The summed E-state index contributed by atoms with van der Waals surface area (Å²) in [5, 5.41) is 19.8. The lowest BCUT2D eigenvalue weighted by Crippen LogP contribution is -2.28. The van der Waals surface area contributed by atoms with Crippen molar-refractivity contribution in [1.29, 1.82) is 0 Å². The Morgan fingerprint density at radius 2 is 2.27 bits per heavy atom. The van der Waals surface area contributed by atoms with Crippen LogP contribution in [-0.4, -0.2) is 53.1 Å². The van der Waals surface area contributed by atoms with Gasteiger partial charge in [-0.15, -0.1) is 10.2 Å².